The molecule has 0 aromatic heterocycles. The fourth-order valence-electron chi connectivity index (χ4n) is 1.84. The van der Waals surface area contributed by atoms with Crippen molar-refractivity contribution in [2.24, 2.45) is 0 Å². The van der Waals surface area contributed by atoms with Crippen LogP contribution in [0.25, 0.3) is 0 Å². The van der Waals surface area contributed by atoms with Crippen LogP contribution in [0.2, 0.25) is 0 Å². The van der Waals surface area contributed by atoms with Crippen LogP contribution in [0.5, 0.6) is 0 Å². The number of benzene rings is 2. The number of esters is 1. The largest absolute Gasteiger partial charge is 0.459 e. The van der Waals surface area contributed by atoms with E-state index in [-0.39, 0.29) is 18.3 Å². The number of hydrogen-bond acceptors (Lipinski definition) is 3. The number of carbonyl (C=O) groups is 2. The molecule has 1 N–H and O–H groups in total. The van der Waals surface area contributed by atoms with Crippen LogP contribution in [-0.2, 0) is 16.1 Å². The van der Waals surface area contributed by atoms with Gasteiger partial charge in [0.15, 0.2) is 0 Å². The summed E-state index contributed by atoms with van der Waals surface area (Å²) in [6.45, 7) is 1.54. The Morgan fingerprint density at radius 1 is 1.22 bits per heavy atom. The zero-order chi connectivity index (χ0) is 16.8. The highest BCUT2D eigenvalue weighted by molar-refractivity contribution is 9.10. The van der Waals surface area contributed by atoms with Crippen LogP contribution < -0.4 is 5.32 Å². The number of halogens is 2. The third-order valence-electron chi connectivity index (χ3n) is 3.12. The van der Waals surface area contributed by atoms with Crippen LogP contribution >= 0.6 is 15.9 Å². The lowest BCUT2D eigenvalue weighted by atomic mass is 10.2. The molecule has 0 aliphatic heterocycles. The Morgan fingerprint density at radius 3 is 2.57 bits per heavy atom. The summed E-state index contributed by atoms with van der Waals surface area (Å²) in [4.78, 5) is 23.9. The van der Waals surface area contributed by atoms with E-state index in [1.54, 1.807) is 37.3 Å². The van der Waals surface area contributed by atoms with Gasteiger partial charge in [-0.05, 0) is 31.2 Å². The van der Waals surface area contributed by atoms with Crippen molar-refractivity contribution in [3.63, 3.8) is 0 Å². The fourth-order valence-corrected chi connectivity index (χ4v) is 2.31. The topological polar surface area (TPSA) is 55.4 Å². The van der Waals surface area contributed by atoms with Crippen molar-refractivity contribution in [2.45, 2.75) is 19.6 Å². The van der Waals surface area contributed by atoms with Gasteiger partial charge in [0.2, 0.25) is 0 Å². The molecule has 2 aromatic carbocycles. The van der Waals surface area contributed by atoms with Crippen molar-refractivity contribution in [3.05, 3.63) is 69.9 Å². The van der Waals surface area contributed by atoms with Gasteiger partial charge in [-0.25, -0.2) is 9.18 Å². The van der Waals surface area contributed by atoms with Gasteiger partial charge in [0.1, 0.15) is 18.5 Å². The van der Waals surface area contributed by atoms with E-state index in [4.69, 9.17) is 4.74 Å². The van der Waals surface area contributed by atoms with Crippen LogP contribution in [0.15, 0.2) is 53.0 Å². The summed E-state index contributed by atoms with van der Waals surface area (Å²) in [6.07, 6.45) is 0. The standard InChI is InChI=1S/C17H15BrFNO3/c1-11(20-16(21)12-5-3-2-4-6-12)17(22)23-10-13-7-8-14(19)9-15(13)18/h2-9,11H,10H2,1H3,(H,20,21). The highest BCUT2D eigenvalue weighted by atomic mass is 79.9. The summed E-state index contributed by atoms with van der Waals surface area (Å²) in [5, 5.41) is 2.57. The molecule has 0 saturated carbocycles. The summed E-state index contributed by atoms with van der Waals surface area (Å²) in [7, 11) is 0. The first-order valence-corrected chi connectivity index (χ1v) is 7.73. The summed E-state index contributed by atoms with van der Waals surface area (Å²) < 4.78 is 18.7. The molecular formula is C17H15BrFNO3. The average Bonchev–Trinajstić information content (AvgIpc) is 2.54. The highest BCUT2D eigenvalue weighted by Crippen LogP contribution is 2.19. The molecule has 0 spiro atoms. The number of ether oxygens (including phenoxy) is 1. The van der Waals surface area contributed by atoms with Crippen LogP contribution in [0.4, 0.5) is 4.39 Å². The van der Waals surface area contributed by atoms with Gasteiger partial charge in [-0.3, -0.25) is 4.79 Å². The van der Waals surface area contributed by atoms with Crippen molar-refractivity contribution >= 4 is 27.8 Å². The number of carbonyl (C=O) groups excluding carboxylic acids is 2. The smallest absolute Gasteiger partial charge is 0.328 e. The second-order valence-electron chi connectivity index (χ2n) is 4.90. The number of amides is 1. The van der Waals surface area contributed by atoms with Crippen molar-refractivity contribution in [1.29, 1.82) is 0 Å². The van der Waals surface area contributed by atoms with Crippen LogP contribution in [0.3, 0.4) is 0 Å². The van der Waals surface area contributed by atoms with E-state index >= 15 is 0 Å². The van der Waals surface area contributed by atoms with E-state index in [0.717, 1.165) is 0 Å². The van der Waals surface area contributed by atoms with Crippen molar-refractivity contribution in [2.75, 3.05) is 0 Å². The SMILES string of the molecule is CC(NC(=O)c1ccccc1)C(=O)OCc1ccc(F)cc1Br. The van der Waals surface area contributed by atoms with Crippen molar-refractivity contribution in [3.8, 4) is 0 Å². The minimum absolute atomic E-state index is 0.00869. The molecule has 6 heteroatoms. The fraction of sp³-hybridized carbons (Fsp3) is 0.176. The zero-order valence-electron chi connectivity index (χ0n) is 12.4. The predicted molar refractivity (Wildman–Crippen MR) is 87.3 cm³/mol. The van der Waals surface area contributed by atoms with Gasteiger partial charge in [-0.1, -0.05) is 40.2 Å². The first kappa shape index (κ1) is 17.1. The molecule has 2 aromatic rings. The van der Waals surface area contributed by atoms with E-state index in [1.807, 2.05) is 0 Å². The number of hydrogen-bond donors (Lipinski definition) is 1. The molecule has 2 rings (SSSR count). The third-order valence-corrected chi connectivity index (χ3v) is 3.86. The van der Waals surface area contributed by atoms with Crippen LogP contribution in [0.1, 0.15) is 22.8 Å². The molecule has 0 radical (unpaired) electrons. The van der Waals surface area contributed by atoms with E-state index in [0.29, 0.717) is 15.6 Å². The predicted octanol–water partition coefficient (Wildman–Crippen LogP) is 3.45. The third kappa shape index (κ3) is 4.89. The Hall–Kier alpha value is -2.21. The molecule has 0 aliphatic carbocycles. The van der Waals surface area contributed by atoms with Gasteiger partial charge < -0.3 is 10.1 Å². The van der Waals surface area contributed by atoms with Crippen LogP contribution in [0, 0.1) is 5.82 Å². The Bertz CT molecular complexity index is 706. The molecule has 0 heterocycles. The second-order valence-corrected chi connectivity index (χ2v) is 5.76. The Balaban J connectivity index is 1.89. The van der Waals surface area contributed by atoms with Gasteiger partial charge in [0, 0.05) is 15.6 Å². The number of rotatable bonds is 5. The van der Waals surface area contributed by atoms with Gasteiger partial charge in [-0.2, -0.15) is 0 Å². The van der Waals surface area contributed by atoms with Crippen molar-refractivity contribution in [1.82, 2.24) is 5.32 Å². The first-order chi connectivity index (χ1) is 11.0. The number of nitrogens with one attached hydrogen (secondary N) is 1. The molecule has 1 amide bonds. The summed E-state index contributed by atoms with van der Waals surface area (Å²) in [6, 6.07) is 11.9. The summed E-state index contributed by atoms with van der Waals surface area (Å²) in [5.41, 5.74) is 1.11. The molecule has 0 aliphatic rings. The minimum Gasteiger partial charge on any atom is -0.459 e. The monoisotopic (exact) mass is 379 g/mol. The Labute approximate surface area is 141 Å². The van der Waals surface area contributed by atoms with Crippen LogP contribution in [-0.4, -0.2) is 17.9 Å². The van der Waals surface area contributed by atoms with Gasteiger partial charge in [0.05, 0.1) is 0 Å². The lowest BCUT2D eigenvalue weighted by Gasteiger charge is -2.14. The Kier molecular flexibility index (Phi) is 5.87. The zero-order valence-corrected chi connectivity index (χ0v) is 14.0. The normalized spacial score (nSPS) is 11.6. The summed E-state index contributed by atoms with van der Waals surface area (Å²) in [5.74, 6) is -1.29. The van der Waals surface area contributed by atoms with Gasteiger partial charge in [0.25, 0.3) is 5.91 Å². The van der Waals surface area contributed by atoms with Crippen molar-refractivity contribution < 1.29 is 18.7 Å². The average molecular weight is 380 g/mol. The molecule has 0 fully saturated rings. The van der Waals surface area contributed by atoms with E-state index < -0.39 is 12.0 Å². The molecule has 0 bridgehead atoms. The van der Waals surface area contributed by atoms with E-state index in [1.165, 1.54) is 18.2 Å². The second kappa shape index (κ2) is 7.87. The quantitative estimate of drug-likeness (QED) is 0.809. The molecule has 23 heavy (non-hydrogen) atoms. The molecule has 120 valence electrons. The first-order valence-electron chi connectivity index (χ1n) is 6.94. The summed E-state index contributed by atoms with van der Waals surface area (Å²) >= 11 is 3.20. The van der Waals surface area contributed by atoms with Gasteiger partial charge in [-0.15, -0.1) is 0 Å². The highest BCUT2D eigenvalue weighted by Gasteiger charge is 2.18. The molecular weight excluding hydrogens is 365 g/mol. The molecule has 4 nitrogen and oxygen atoms in total. The van der Waals surface area contributed by atoms with E-state index in [2.05, 4.69) is 21.2 Å². The maximum atomic E-state index is 13.0. The molecule has 1 atom stereocenters. The van der Waals surface area contributed by atoms with E-state index in [9.17, 15) is 14.0 Å². The molecule has 1 unspecified atom stereocenters. The maximum Gasteiger partial charge on any atom is 0.328 e. The lowest BCUT2D eigenvalue weighted by Crippen LogP contribution is -2.39. The molecule has 0 saturated heterocycles. The Morgan fingerprint density at radius 2 is 1.91 bits per heavy atom. The minimum atomic E-state index is -0.790. The van der Waals surface area contributed by atoms with Gasteiger partial charge >= 0.3 is 5.97 Å². The maximum absolute atomic E-state index is 13.0. The lowest BCUT2D eigenvalue weighted by molar-refractivity contribution is -0.146.